The minimum atomic E-state index is -4.64. The van der Waals surface area contributed by atoms with E-state index in [4.69, 9.17) is 9.47 Å². The Kier molecular flexibility index (Phi) is 11.2. The monoisotopic (exact) mass is 789 g/mol. The second-order valence-corrected chi connectivity index (χ2v) is 17.6. The minimum Gasteiger partial charge on any atom is -0.446 e. The van der Waals surface area contributed by atoms with E-state index < -0.39 is 101 Å². The summed E-state index contributed by atoms with van der Waals surface area (Å²) < 4.78 is 68.1. The molecule has 1 unspecified atom stereocenters. The normalized spacial score (nSPS) is 30.7. The van der Waals surface area contributed by atoms with Crippen molar-refractivity contribution in [2.45, 2.75) is 127 Å². The van der Waals surface area contributed by atoms with E-state index in [0.717, 1.165) is 43.2 Å². The summed E-state index contributed by atoms with van der Waals surface area (Å²) in [5, 5.41) is 2.74. The number of hydrogen-bond donors (Lipinski definition) is 2. The van der Waals surface area contributed by atoms with E-state index in [-0.39, 0.29) is 31.9 Å². The van der Waals surface area contributed by atoms with E-state index in [1.54, 1.807) is 6.08 Å². The van der Waals surface area contributed by atoms with Crippen LogP contribution >= 0.6 is 0 Å². The SMILES string of the molecule is O=C(N[C@@H]1CCCCC/C=C\[C@@H]2C[C@]2(C(=O)NS(=O)(=O)N2CCC(F)(F)C2)CC(=O)C2C[C@H](OC(=O)N3Cc4ccccc4C3)CN2C1=O)OC1CCCC1. The van der Waals surface area contributed by atoms with Crippen LogP contribution in [-0.4, -0.2) is 102 Å². The molecule has 2 N–H and O–H groups in total. The highest BCUT2D eigenvalue weighted by atomic mass is 32.2. The first-order chi connectivity index (χ1) is 26.2. The summed E-state index contributed by atoms with van der Waals surface area (Å²) in [4.78, 5) is 72.0. The number of ether oxygens (including phenoxy) is 2. The van der Waals surface area contributed by atoms with Gasteiger partial charge in [0.05, 0.1) is 24.5 Å². The molecule has 4 amide bonds. The van der Waals surface area contributed by atoms with Crippen LogP contribution < -0.4 is 10.0 Å². The number of carbonyl (C=O) groups excluding carboxylic acids is 5. The summed E-state index contributed by atoms with van der Waals surface area (Å²) in [5.74, 6) is -5.80. The first kappa shape index (κ1) is 39.1. The van der Waals surface area contributed by atoms with Gasteiger partial charge < -0.3 is 19.7 Å². The lowest BCUT2D eigenvalue weighted by Gasteiger charge is -2.29. The molecule has 55 heavy (non-hydrogen) atoms. The average Bonchev–Trinajstić information content (AvgIpc) is 3.69. The Morgan fingerprint density at radius 3 is 2.31 bits per heavy atom. The number of fused-ring (bicyclic) bond motifs is 3. The topological polar surface area (TPSA) is 172 Å². The van der Waals surface area contributed by atoms with Gasteiger partial charge in [0.2, 0.25) is 11.8 Å². The lowest BCUT2D eigenvalue weighted by molar-refractivity contribution is -0.140. The van der Waals surface area contributed by atoms with Gasteiger partial charge in [-0.05, 0) is 68.4 Å². The van der Waals surface area contributed by atoms with Crippen molar-refractivity contribution in [1.82, 2.24) is 24.1 Å². The molecule has 0 spiro atoms. The van der Waals surface area contributed by atoms with Gasteiger partial charge in [-0.1, -0.05) is 49.3 Å². The highest BCUT2D eigenvalue weighted by Crippen LogP contribution is 2.57. The molecule has 1 aromatic carbocycles. The number of nitrogens with one attached hydrogen (secondary N) is 2. The smallest absolute Gasteiger partial charge is 0.410 e. The molecular weight excluding hydrogens is 741 g/mol. The van der Waals surface area contributed by atoms with Crippen LogP contribution in [0.25, 0.3) is 0 Å². The predicted molar refractivity (Wildman–Crippen MR) is 192 cm³/mol. The zero-order valence-corrected chi connectivity index (χ0v) is 31.6. The van der Waals surface area contributed by atoms with E-state index in [0.29, 0.717) is 36.7 Å². The average molecular weight is 790 g/mol. The van der Waals surface area contributed by atoms with Crippen LogP contribution in [0, 0.1) is 11.3 Å². The molecule has 4 heterocycles. The summed E-state index contributed by atoms with van der Waals surface area (Å²) in [5.41, 5.74) is 0.468. The van der Waals surface area contributed by atoms with Gasteiger partial charge in [0.25, 0.3) is 5.92 Å². The first-order valence-electron chi connectivity index (χ1n) is 19.4. The standard InChI is InChI=1S/C38H49F2N5O9S/c39-38(40)16-17-44(24-38)55(51,52)42-34(48)37-19-27(37)12-4-2-1-3-5-15-30(41-35(49)53-28-13-8-9-14-28)33(47)45-23-29(18-31(45)32(46)20-37)54-36(50)43-21-25-10-6-7-11-26(25)22-43/h4,6-7,10-12,27-31H,1-3,5,8-9,13-24H2,(H,41,49)(H,42,48)/b12-4-/t27-,29+,30-,31?,37+/m1/s1. The van der Waals surface area contributed by atoms with Crippen molar-refractivity contribution < 1.29 is 50.6 Å². The van der Waals surface area contributed by atoms with Crippen molar-refractivity contribution >= 4 is 40.0 Å². The molecule has 14 nitrogen and oxygen atoms in total. The summed E-state index contributed by atoms with van der Waals surface area (Å²) in [7, 11) is -4.64. The lowest BCUT2D eigenvalue weighted by atomic mass is 9.91. The maximum absolute atomic E-state index is 14.4. The van der Waals surface area contributed by atoms with Gasteiger partial charge in [0, 0.05) is 38.9 Å². The molecule has 1 aromatic rings. The van der Waals surface area contributed by atoms with E-state index in [1.165, 1.54) is 9.80 Å². The molecule has 0 radical (unpaired) electrons. The van der Waals surface area contributed by atoms with Crippen LogP contribution in [0.5, 0.6) is 0 Å². The summed E-state index contributed by atoms with van der Waals surface area (Å²) in [6, 6.07) is 5.42. The Balaban J connectivity index is 1.12. The number of amides is 4. The van der Waals surface area contributed by atoms with E-state index >= 15 is 0 Å². The van der Waals surface area contributed by atoms with E-state index in [1.807, 2.05) is 35.1 Å². The van der Waals surface area contributed by atoms with Crippen LogP contribution in [0.2, 0.25) is 0 Å². The summed E-state index contributed by atoms with van der Waals surface area (Å²) in [6.45, 7) is -0.982. The zero-order valence-electron chi connectivity index (χ0n) is 30.8. The van der Waals surface area contributed by atoms with Crippen LogP contribution in [0.1, 0.15) is 94.6 Å². The minimum absolute atomic E-state index is 0.0737. The number of rotatable bonds is 6. The molecule has 5 atom stereocenters. The highest BCUT2D eigenvalue weighted by Gasteiger charge is 2.62. The number of alkyl halides is 2. The molecule has 2 aliphatic carbocycles. The van der Waals surface area contributed by atoms with Crippen LogP contribution in [0.3, 0.4) is 0 Å². The molecule has 4 aliphatic heterocycles. The van der Waals surface area contributed by atoms with Gasteiger partial charge in [-0.2, -0.15) is 12.7 Å². The number of alkyl carbamates (subject to hydrolysis) is 1. The van der Waals surface area contributed by atoms with Crippen molar-refractivity contribution in [3.05, 3.63) is 47.5 Å². The third kappa shape index (κ3) is 8.82. The maximum Gasteiger partial charge on any atom is 0.410 e. The van der Waals surface area contributed by atoms with E-state index in [2.05, 4.69) is 5.32 Å². The molecule has 4 fully saturated rings. The molecule has 2 saturated heterocycles. The van der Waals surface area contributed by atoms with Gasteiger partial charge in [-0.25, -0.2) is 23.1 Å². The molecule has 7 rings (SSSR count). The fourth-order valence-corrected chi connectivity index (χ4v) is 9.96. The van der Waals surface area contributed by atoms with Gasteiger partial charge in [-0.3, -0.25) is 19.3 Å². The lowest BCUT2D eigenvalue weighted by Crippen LogP contribution is -2.53. The molecular formula is C38H49F2N5O9S. The third-order valence-corrected chi connectivity index (χ3v) is 13.4. The van der Waals surface area contributed by atoms with Crippen molar-refractivity contribution in [2.75, 3.05) is 19.6 Å². The molecule has 17 heteroatoms. The number of nitrogens with zero attached hydrogens (tertiary/aromatic N) is 3. The van der Waals surface area contributed by atoms with Crippen LogP contribution in [-0.2, 0) is 47.2 Å². The Hall–Kier alpha value is -4.12. The van der Waals surface area contributed by atoms with Crippen molar-refractivity contribution in [3.63, 3.8) is 0 Å². The molecule has 2 saturated carbocycles. The van der Waals surface area contributed by atoms with Crippen LogP contribution in [0.15, 0.2) is 36.4 Å². The Labute approximate surface area is 319 Å². The highest BCUT2D eigenvalue weighted by molar-refractivity contribution is 7.87. The second kappa shape index (κ2) is 15.8. The zero-order chi connectivity index (χ0) is 39.0. The molecule has 0 aromatic heterocycles. The third-order valence-electron chi connectivity index (χ3n) is 12.0. The van der Waals surface area contributed by atoms with Gasteiger partial charge in [0.1, 0.15) is 18.2 Å². The molecule has 6 aliphatic rings. The quantitative estimate of drug-likeness (QED) is 0.398. The first-order valence-corrected chi connectivity index (χ1v) is 20.9. The predicted octanol–water partition coefficient (Wildman–Crippen LogP) is 4.33. The van der Waals surface area contributed by atoms with Crippen molar-refractivity contribution in [1.29, 1.82) is 0 Å². The van der Waals surface area contributed by atoms with Crippen molar-refractivity contribution in [3.8, 4) is 0 Å². The Bertz CT molecular complexity index is 1800. The van der Waals surface area contributed by atoms with Gasteiger partial charge >= 0.3 is 22.4 Å². The number of benzene rings is 1. The fraction of sp³-hybridized carbons (Fsp3) is 0.658. The summed E-state index contributed by atoms with van der Waals surface area (Å²) in [6.07, 6.45) is 6.43. The number of allylic oxidation sites excluding steroid dienone is 2. The fourth-order valence-electron chi connectivity index (χ4n) is 8.70. The second-order valence-electron chi connectivity index (χ2n) is 15.9. The summed E-state index contributed by atoms with van der Waals surface area (Å²) >= 11 is 0. The Morgan fingerprint density at radius 2 is 1.62 bits per heavy atom. The van der Waals surface area contributed by atoms with Crippen LogP contribution in [0.4, 0.5) is 18.4 Å². The number of ketones is 1. The molecule has 300 valence electrons. The largest absolute Gasteiger partial charge is 0.446 e. The number of halogens is 2. The maximum atomic E-state index is 14.4. The molecule has 0 bridgehead atoms. The Morgan fingerprint density at radius 1 is 0.909 bits per heavy atom. The number of hydrogen-bond acceptors (Lipinski definition) is 9. The van der Waals surface area contributed by atoms with E-state index in [9.17, 15) is 41.2 Å². The van der Waals surface area contributed by atoms with Gasteiger partial charge in [-0.15, -0.1) is 0 Å². The van der Waals surface area contributed by atoms with Crippen molar-refractivity contribution in [2.24, 2.45) is 11.3 Å². The van der Waals surface area contributed by atoms with Gasteiger partial charge in [0.15, 0.2) is 5.78 Å². The number of Topliss-reactive ketones (excluding diaryl/α,β-unsaturated/α-hetero) is 1. The number of carbonyl (C=O) groups is 5.